The summed E-state index contributed by atoms with van der Waals surface area (Å²) in [6.45, 7) is 3.23. The number of primary amides is 1. The molecule has 8 nitrogen and oxygen atoms in total. The number of carbonyl (C=O) groups is 2. The minimum atomic E-state index is -0.583. The van der Waals surface area contributed by atoms with Gasteiger partial charge in [0, 0.05) is 0 Å². The van der Waals surface area contributed by atoms with Crippen molar-refractivity contribution in [2.45, 2.75) is 13.8 Å². The Kier molecular flexibility index (Phi) is 5.78. The molecule has 1 aromatic carbocycles. The lowest BCUT2D eigenvalue weighted by Gasteiger charge is -2.09. The number of hydrogen-bond donors (Lipinski definition) is 2. The first kappa shape index (κ1) is 18.1. The van der Waals surface area contributed by atoms with Crippen LogP contribution in [0.1, 0.15) is 27.4 Å². The molecule has 0 fully saturated rings. The van der Waals surface area contributed by atoms with E-state index in [1.807, 2.05) is 0 Å². The Labute approximate surface area is 144 Å². The van der Waals surface area contributed by atoms with Crippen molar-refractivity contribution in [2.75, 3.05) is 13.7 Å². The van der Waals surface area contributed by atoms with Crippen LogP contribution in [0.3, 0.4) is 0 Å². The predicted molar refractivity (Wildman–Crippen MR) is 90.9 cm³/mol. The Morgan fingerprint density at radius 3 is 2.64 bits per heavy atom. The molecule has 0 atom stereocenters. The number of hydrazone groups is 1. The number of nitrogens with zero attached hydrogens (tertiary/aromatic N) is 1. The van der Waals surface area contributed by atoms with Gasteiger partial charge in [0.15, 0.2) is 18.1 Å². The van der Waals surface area contributed by atoms with Gasteiger partial charge < -0.3 is 19.6 Å². The van der Waals surface area contributed by atoms with Gasteiger partial charge in [0.05, 0.1) is 18.9 Å². The van der Waals surface area contributed by atoms with Crippen molar-refractivity contribution in [1.82, 2.24) is 5.43 Å². The normalized spacial score (nSPS) is 10.7. The maximum Gasteiger partial charge on any atom is 0.274 e. The maximum atomic E-state index is 12.0. The quantitative estimate of drug-likeness (QED) is 0.583. The maximum absolute atomic E-state index is 12.0. The predicted octanol–water partition coefficient (Wildman–Crippen LogP) is 1.53. The molecule has 0 radical (unpaired) electrons. The zero-order valence-electron chi connectivity index (χ0n) is 14.2. The highest BCUT2D eigenvalue weighted by molar-refractivity contribution is 5.95. The molecule has 2 amide bonds. The molecular weight excluding hydrogens is 326 g/mol. The summed E-state index contributed by atoms with van der Waals surface area (Å²) in [6, 6.07) is 6.61. The summed E-state index contributed by atoms with van der Waals surface area (Å²) in [5, 5.41) is 3.91. The first-order valence-electron chi connectivity index (χ1n) is 7.40. The average molecular weight is 345 g/mol. The first-order chi connectivity index (χ1) is 11.9. The Morgan fingerprint density at radius 1 is 1.28 bits per heavy atom. The van der Waals surface area contributed by atoms with E-state index < -0.39 is 5.91 Å². The van der Waals surface area contributed by atoms with Gasteiger partial charge in [0.2, 0.25) is 0 Å². The number of nitrogens with two attached hydrogens (primary N) is 1. The highest BCUT2D eigenvalue weighted by atomic mass is 16.5. The molecule has 2 aromatic rings. The Morgan fingerprint density at radius 2 is 2.04 bits per heavy atom. The topological polar surface area (TPSA) is 116 Å². The number of ether oxygens (including phenoxy) is 2. The molecule has 0 saturated carbocycles. The van der Waals surface area contributed by atoms with Crippen LogP contribution in [0, 0.1) is 13.8 Å². The van der Waals surface area contributed by atoms with Gasteiger partial charge in [0.1, 0.15) is 11.5 Å². The Bertz CT molecular complexity index is 811. The van der Waals surface area contributed by atoms with Crippen LogP contribution in [-0.2, 0) is 4.79 Å². The van der Waals surface area contributed by atoms with Crippen LogP contribution in [0.2, 0.25) is 0 Å². The minimum Gasteiger partial charge on any atom is -0.493 e. The largest absolute Gasteiger partial charge is 0.493 e. The van der Waals surface area contributed by atoms with Crippen LogP contribution in [0.4, 0.5) is 0 Å². The number of hydrogen-bond acceptors (Lipinski definition) is 6. The Hall–Kier alpha value is -3.29. The number of furan rings is 1. The molecular formula is C17H19N3O5. The SMILES string of the molecule is COc1cc(/C=N/NC(=O)c2cc(C)oc2C)ccc1OCC(N)=O. The average Bonchev–Trinajstić information content (AvgIpc) is 2.91. The molecule has 8 heteroatoms. The number of aryl methyl sites for hydroxylation is 2. The molecule has 2 rings (SSSR count). The lowest BCUT2D eigenvalue weighted by molar-refractivity contribution is -0.119. The molecule has 0 unspecified atom stereocenters. The highest BCUT2D eigenvalue weighted by Gasteiger charge is 2.12. The number of carbonyl (C=O) groups excluding carboxylic acids is 2. The fourth-order valence-electron chi connectivity index (χ4n) is 2.11. The van der Waals surface area contributed by atoms with Gasteiger partial charge in [-0.2, -0.15) is 5.10 Å². The third kappa shape index (κ3) is 4.84. The standard InChI is InChI=1S/C17H19N3O5/c1-10-6-13(11(2)25-10)17(22)20-19-8-12-4-5-14(15(7-12)23-3)24-9-16(18)21/h4-8H,9H2,1-3H3,(H2,18,21)(H,20,22)/b19-8+. The molecule has 132 valence electrons. The molecule has 0 saturated heterocycles. The van der Waals surface area contributed by atoms with Crippen LogP contribution >= 0.6 is 0 Å². The van der Waals surface area contributed by atoms with E-state index in [9.17, 15) is 9.59 Å². The Balaban J connectivity index is 2.04. The third-order valence-electron chi connectivity index (χ3n) is 3.22. The molecule has 1 heterocycles. The van der Waals surface area contributed by atoms with E-state index in [0.717, 1.165) is 0 Å². The number of rotatable bonds is 7. The molecule has 25 heavy (non-hydrogen) atoms. The smallest absolute Gasteiger partial charge is 0.274 e. The van der Waals surface area contributed by atoms with Crippen LogP contribution in [0.25, 0.3) is 0 Å². The van der Waals surface area contributed by atoms with Crippen LogP contribution in [-0.4, -0.2) is 31.7 Å². The lowest BCUT2D eigenvalue weighted by Crippen LogP contribution is -2.20. The van der Waals surface area contributed by atoms with Crippen LogP contribution in [0.5, 0.6) is 11.5 Å². The van der Waals surface area contributed by atoms with Crippen molar-refractivity contribution >= 4 is 18.0 Å². The van der Waals surface area contributed by atoms with Crippen LogP contribution < -0.4 is 20.6 Å². The van der Waals surface area contributed by atoms with Gasteiger partial charge in [-0.15, -0.1) is 0 Å². The van der Waals surface area contributed by atoms with E-state index in [4.69, 9.17) is 19.6 Å². The van der Waals surface area contributed by atoms with Crippen LogP contribution in [0.15, 0.2) is 33.8 Å². The lowest BCUT2D eigenvalue weighted by atomic mass is 10.2. The van der Waals surface area contributed by atoms with Crippen molar-refractivity contribution in [3.63, 3.8) is 0 Å². The second-order valence-corrected chi connectivity index (χ2v) is 5.19. The number of methoxy groups -OCH3 is 1. The first-order valence-corrected chi connectivity index (χ1v) is 7.40. The van der Waals surface area contributed by atoms with E-state index >= 15 is 0 Å². The van der Waals surface area contributed by atoms with E-state index in [-0.39, 0.29) is 12.5 Å². The number of benzene rings is 1. The second-order valence-electron chi connectivity index (χ2n) is 5.19. The minimum absolute atomic E-state index is 0.247. The third-order valence-corrected chi connectivity index (χ3v) is 3.22. The summed E-state index contributed by atoms with van der Waals surface area (Å²) in [4.78, 5) is 22.8. The van der Waals surface area contributed by atoms with Crippen molar-refractivity contribution in [3.8, 4) is 11.5 Å². The monoisotopic (exact) mass is 345 g/mol. The zero-order chi connectivity index (χ0) is 18.4. The van der Waals surface area contributed by atoms with Gasteiger partial charge in [-0.05, 0) is 43.7 Å². The summed E-state index contributed by atoms with van der Waals surface area (Å²) in [5.41, 5.74) is 8.58. The molecule has 1 aromatic heterocycles. The fourth-order valence-corrected chi connectivity index (χ4v) is 2.11. The second kappa shape index (κ2) is 8.00. The summed E-state index contributed by atoms with van der Waals surface area (Å²) in [6.07, 6.45) is 1.46. The van der Waals surface area contributed by atoms with E-state index in [2.05, 4.69) is 10.5 Å². The molecule has 0 aliphatic heterocycles. The van der Waals surface area contributed by atoms with Crippen molar-refractivity contribution in [2.24, 2.45) is 10.8 Å². The van der Waals surface area contributed by atoms with E-state index in [1.165, 1.54) is 13.3 Å². The summed E-state index contributed by atoms with van der Waals surface area (Å²) < 4.78 is 15.7. The molecule has 3 N–H and O–H groups in total. The van der Waals surface area contributed by atoms with E-state index in [1.54, 1.807) is 38.1 Å². The van der Waals surface area contributed by atoms with Gasteiger partial charge >= 0.3 is 0 Å². The number of amides is 2. The number of nitrogens with one attached hydrogen (secondary N) is 1. The zero-order valence-corrected chi connectivity index (χ0v) is 14.2. The summed E-state index contributed by atoms with van der Waals surface area (Å²) in [7, 11) is 1.47. The highest BCUT2D eigenvalue weighted by Crippen LogP contribution is 2.27. The summed E-state index contributed by atoms with van der Waals surface area (Å²) >= 11 is 0. The van der Waals surface area contributed by atoms with Gasteiger partial charge in [-0.1, -0.05) is 0 Å². The fraction of sp³-hybridized carbons (Fsp3) is 0.235. The van der Waals surface area contributed by atoms with Gasteiger partial charge in [-0.3, -0.25) is 9.59 Å². The van der Waals surface area contributed by atoms with Crippen molar-refractivity contribution in [3.05, 3.63) is 46.9 Å². The van der Waals surface area contributed by atoms with Crippen molar-refractivity contribution < 1.29 is 23.5 Å². The molecule has 0 bridgehead atoms. The molecule has 0 spiro atoms. The summed E-state index contributed by atoms with van der Waals surface area (Å²) in [5.74, 6) is 1.04. The van der Waals surface area contributed by atoms with Crippen molar-refractivity contribution in [1.29, 1.82) is 0 Å². The van der Waals surface area contributed by atoms with Gasteiger partial charge in [0.25, 0.3) is 11.8 Å². The van der Waals surface area contributed by atoms with E-state index in [0.29, 0.717) is 34.1 Å². The molecule has 0 aliphatic rings. The molecule has 0 aliphatic carbocycles. The van der Waals surface area contributed by atoms with Gasteiger partial charge in [-0.25, -0.2) is 5.43 Å².